The number of benzene rings is 1. The van der Waals surface area contributed by atoms with Gasteiger partial charge in [0.25, 0.3) is 0 Å². The summed E-state index contributed by atoms with van der Waals surface area (Å²) >= 11 is 4.83. The SMILES string of the molecule is COc1cc(C)ccc1C(=O)CSc1ncccc1Br. The van der Waals surface area contributed by atoms with E-state index in [-0.39, 0.29) is 5.78 Å². The van der Waals surface area contributed by atoms with Crippen LogP contribution in [0.3, 0.4) is 0 Å². The van der Waals surface area contributed by atoms with Crippen LogP contribution in [0.5, 0.6) is 5.75 Å². The number of ether oxygens (including phenoxy) is 1. The van der Waals surface area contributed by atoms with Gasteiger partial charge in [0.2, 0.25) is 0 Å². The van der Waals surface area contributed by atoms with Crippen molar-refractivity contribution >= 4 is 33.5 Å². The maximum absolute atomic E-state index is 12.3. The zero-order valence-electron chi connectivity index (χ0n) is 11.2. The Morgan fingerprint density at radius 2 is 2.20 bits per heavy atom. The van der Waals surface area contributed by atoms with Gasteiger partial charge in [-0.2, -0.15) is 0 Å². The lowest BCUT2D eigenvalue weighted by atomic mass is 10.1. The zero-order valence-corrected chi connectivity index (χ0v) is 13.6. The Balaban J connectivity index is 2.11. The molecule has 2 rings (SSSR count). The van der Waals surface area contributed by atoms with Gasteiger partial charge in [0.15, 0.2) is 5.78 Å². The van der Waals surface area contributed by atoms with E-state index in [1.165, 1.54) is 11.8 Å². The van der Waals surface area contributed by atoms with Gasteiger partial charge in [0.05, 0.1) is 18.4 Å². The number of pyridine rings is 1. The molecule has 2 aromatic rings. The molecule has 0 radical (unpaired) electrons. The number of ketones is 1. The van der Waals surface area contributed by atoms with E-state index >= 15 is 0 Å². The smallest absolute Gasteiger partial charge is 0.176 e. The molecule has 1 heterocycles. The molecule has 0 spiro atoms. The summed E-state index contributed by atoms with van der Waals surface area (Å²) < 4.78 is 6.17. The molecule has 3 nitrogen and oxygen atoms in total. The number of methoxy groups -OCH3 is 1. The highest BCUT2D eigenvalue weighted by molar-refractivity contribution is 9.10. The van der Waals surface area contributed by atoms with Crippen molar-refractivity contribution in [2.24, 2.45) is 0 Å². The zero-order chi connectivity index (χ0) is 14.5. The third kappa shape index (κ3) is 3.61. The van der Waals surface area contributed by atoms with Crippen molar-refractivity contribution in [3.63, 3.8) is 0 Å². The van der Waals surface area contributed by atoms with Gasteiger partial charge in [-0.05, 0) is 52.7 Å². The van der Waals surface area contributed by atoms with Gasteiger partial charge in [-0.15, -0.1) is 0 Å². The fourth-order valence-corrected chi connectivity index (χ4v) is 3.08. The summed E-state index contributed by atoms with van der Waals surface area (Å²) in [4.78, 5) is 16.5. The van der Waals surface area contributed by atoms with Crippen molar-refractivity contribution in [1.82, 2.24) is 4.98 Å². The molecule has 0 unspecified atom stereocenters. The van der Waals surface area contributed by atoms with Crippen molar-refractivity contribution < 1.29 is 9.53 Å². The standard InChI is InChI=1S/C15H14BrNO2S/c1-10-5-6-11(14(8-10)19-2)13(18)9-20-15-12(16)4-3-7-17-15/h3-8H,9H2,1-2H3. The Hall–Kier alpha value is -1.33. The van der Waals surface area contributed by atoms with Crippen LogP contribution in [0.1, 0.15) is 15.9 Å². The van der Waals surface area contributed by atoms with Gasteiger partial charge >= 0.3 is 0 Å². The average Bonchev–Trinajstić information content (AvgIpc) is 2.46. The summed E-state index contributed by atoms with van der Waals surface area (Å²) in [5.74, 6) is 0.981. The van der Waals surface area contributed by atoms with Crippen molar-refractivity contribution in [3.05, 3.63) is 52.1 Å². The van der Waals surface area contributed by atoms with Gasteiger partial charge in [-0.1, -0.05) is 17.8 Å². The van der Waals surface area contributed by atoms with E-state index in [1.807, 2.05) is 37.3 Å². The topological polar surface area (TPSA) is 39.2 Å². The highest BCUT2D eigenvalue weighted by Crippen LogP contribution is 2.27. The molecule has 0 saturated carbocycles. The Labute approximate surface area is 130 Å². The molecular weight excluding hydrogens is 338 g/mol. The molecule has 0 saturated heterocycles. The van der Waals surface area contributed by atoms with Crippen molar-refractivity contribution in [1.29, 1.82) is 0 Å². The molecule has 0 bridgehead atoms. The summed E-state index contributed by atoms with van der Waals surface area (Å²) in [6, 6.07) is 9.35. The number of aryl methyl sites for hydroxylation is 1. The molecule has 0 N–H and O–H groups in total. The highest BCUT2D eigenvalue weighted by atomic mass is 79.9. The molecule has 0 atom stereocenters. The molecule has 1 aromatic heterocycles. The normalized spacial score (nSPS) is 10.3. The third-order valence-corrected chi connectivity index (χ3v) is 4.63. The number of hydrogen-bond donors (Lipinski definition) is 0. The summed E-state index contributed by atoms with van der Waals surface area (Å²) in [6.07, 6.45) is 1.71. The predicted octanol–water partition coefficient (Wildman–Crippen LogP) is 4.14. The Bertz CT molecular complexity index is 631. The summed E-state index contributed by atoms with van der Waals surface area (Å²) in [6.45, 7) is 1.97. The first kappa shape index (κ1) is 15.1. The minimum absolute atomic E-state index is 0.0319. The Kier molecular flexibility index (Phi) is 5.20. The molecule has 0 fully saturated rings. The fourth-order valence-electron chi connectivity index (χ4n) is 1.72. The number of carbonyl (C=O) groups is 1. The molecule has 20 heavy (non-hydrogen) atoms. The number of aromatic nitrogens is 1. The van der Waals surface area contributed by atoms with Crippen LogP contribution in [0.15, 0.2) is 46.0 Å². The van der Waals surface area contributed by atoms with Crippen molar-refractivity contribution in [2.75, 3.05) is 12.9 Å². The summed E-state index contributed by atoms with van der Waals surface area (Å²) in [5, 5.41) is 0.812. The fraction of sp³-hybridized carbons (Fsp3) is 0.200. The molecule has 0 amide bonds. The maximum atomic E-state index is 12.3. The van der Waals surface area contributed by atoms with E-state index in [4.69, 9.17) is 4.74 Å². The molecule has 104 valence electrons. The quantitative estimate of drug-likeness (QED) is 0.599. The number of halogens is 1. The van der Waals surface area contributed by atoms with Gasteiger partial charge in [0.1, 0.15) is 10.8 Å². The van der Waals surface area contributed by atoms with Crippen molar-refractivity contribution in [2.45, 2.75) is 11.9 Å². The number of Topliss-reactive ketones (excluding diaryl/α,β-unsaturated/α-hetero) is 1. The monoisotopic (exact) mass is 351 g/mol. The number of rotatable bonds is 5. The highest BCUT2D eigenvalue weighted by Gasteiger charge is 2.13. The lowest BCUT2D eigenvalue weighted by Gasteiger charge is -2.08. The minimum Gasteiger partial charge on any atom is -0.496 e. The predicted molar refractivity (Wildman–Crippen MR) is 84.7 cm³/mol. The average molecular weight is 352 g/mol. The number of nitrogens with zero attached hydrogens (tertiary/aromatic N) is 1. The van der Waals surface area contributed by atoms with Crippen molar-refractivity contribution in [3.8, 4) is 5.75 Å². The van der Waals surface area contributed by atoms with Crippen LogP contribution in [0.4, 0.5) is 0 Å². The summed E-state index contributed by atoms with van der Waals surface area (Å²) in [7, 11) is 1.58. The number of hydrogen-bond acceptors (Lipinski definition) is 4. The van der Waals surface area contributed by atoms with Crippen LogP contribution in [0, 0.1) is 6.92 Å². The second kappa shape index (κ2) is 6.90. The maximum Gasteiger partial charge on any atom is 0.176 e. The minimum atomic E-state index is 0.0319. The van der Waals surface area contributed by atoms with Crippen LogP contribution < -0.4 is 4.74 Å². The second-order valence-corrected chi connectivity index (χ2v) is 6.02. The molecule has 5 heteroatoms. The summed E-state index contributed by atoms with van der Waals surface area (Å²) in [5.41, 5.74) is 1.68. The first-order valence-electron chi connectivity index (χ1n) is 6.03. The number of thioether (sulfide) groups is 1. The number of carbonyl (C=O) groups excluding carboxylic acids is 1. The molecule has 0 aliphatic carbocycles. The van der Waals surface area contributed by atoms with Crippen LogP contribution in [-0.2, 0) is 0 Å². The Morgan fingerprint density at radius 1 is 1.40 bits per heavy atom. The van der Waals surface area contributed by atoms with E-state index in [9.17, 15) is 4.79 Å². The molecule has 0 aliphatic heterocycles. The van der Waals surface area contributed by atoms with E-state index < -0.39 is 0 Å². The van der Waals surface area contributed by atoms with E-state index in [0.717, 1.165) is 15.1 Å². The third-order valence-electron chi connectivity index (χ3n) is 2.72. The molecule has 1 aromatic carbocycles. The van der Waals surface area contributed by atoms with Crippen LogP contribution in [-0.4, -0.2) is 23.6 Å². The van der Waals surface area contributed by atoms with Gasteiger partial charge in [-0.3, -0.25) is 4.79 Å². The largest absolute Gasteiger partial charge is 0.496 e. The first-order chi connectivity index (χ1) is 9.61. The van der Waals surface area contributed by atoms with Gasteiger partial charge in [0, 0.05) is 10.7 Å². The van der Waals surface area contributed by atoms with E-state index in [2.05, 4.69) is 20.9 Å². The van der Waals surface area contributed by atoms with E-state index in [1.54, 1.807) is 13.3 Å². The first-order valence-corrected chi connectivity index (χ1v) is 7.81. The van der Waals surface area contributed by atoms with E-state index in [0.29, 0.717) is 17.1 Å². The second-order valence-electron chi connectivity index (χ2n) is 4.21. The van der Waals surface area contributed by atoms with Gasteiger partial charge in [-0.25, -0.2) is 4.98 Å². The lowest BCUT2D eigenvalue weighted by molar-refractivity contribution is 0.101. The van der Waals surface area contributed by atoms with Crippen LogP contribution in [0.2, 0.25) is 0 Å². The molecule has 0 aliphatic rings. The lowest BCUT2D eigenvalue weighted by Crippen LogP contribution is -2.05. The molecular formula is C15H14BrNO2S. The van der Waals surface area contributed by atoms with Crippen LogP contribution >= 0.6 is 27.7 Å². The Morgan fingerprint density at radius 3 is 2.90 bits per heavy atom. The van der Waals surface area contributed by atoms with Crippen LogP contribution in [0.25, 0.3) is 0 Å². The van der Waals surface area contributed by atoms with Gasteiger partial charge < -0.3 is 4.74 Å².